The van der Waals surface area contributed by atoms with Gasteiger partial charge in [0.05, 0.1) is 25.7 Å². The van der Waals surface area contributed by atoms with Crippen molar-refractivity contribution >= 4 is 12.0 Å². The van der Waals surface area contributed by atoms with Crippen LogP contribution >= 0.6 is 0 Å². The predicted octanol–water partition coefficient (Wildman–Crippen LogP) is -0.129. The number of ether oxygens (including phenoxy) is 1. The maximum atomic E-state index is 12.0. The highest BCUT2D eigenvalue weighted by Gasteiger charge is 2.28. The summed E-state index contributed by atoms with van der Waals surface area (Å²) in [5, 5.41) is 14.8. The second kappa shape index (κ2) is 8.71. The van der Waals surface area contributed by atoms with Crippen molar-refractivity contribution in [3.8, 4) is 0 Å². The van der Waals surface area contributed by atoms with Crippen LogP contribution in [0.1, 0.15) is 19.8 Å². The fourth-order valence-electron chi connectivity index (χ4n) is 1.98. The van der Waals surface area contributed by atoms with Gasteiger partial charge in [-0.1, -0.05) is 6.92 Å². The molecule has 1 rings (SSSR count). The lowest BCUT2D eigenvalue weighted by molar-refractivity contribution is -0.139. The molecule has 0 saturated carbocycles. The molecule has 7 heteroatoms. The minimum atomic E-state index is -0.916. The Morgan fingerprint density at radius 2 is 2.21 bits per heavy atom. The average Bonchev–Trinajstić information content (AvgIpc) is 2.38. The van der Waals surface area contributed by atoms with Gasteiger partial charge in [0.1, 0.15) is 0 Å². The van der Waals surface area contributed by atoms with Gasteiger partial charge in [-0.2, -0.15) is 0 Å². The molecule has 1 aliphatic heterocycles. The lowest BCUT2D eigenvalue weighted by Gasteiger charge is -2.34. The SMILES string of the molecule is CCNCCCNC(=O)N1CCOCC1CC(=O)O. The number of carboxylic acids is 1. The molecule has 19 heavy (non-hydrogen) atoms. The third-order valence-corrected chi connectivity index (χ3v) is 2.96. The van der Waals surface area contributed by atoms with E-state index in [1.54, 1.807) is 4.90 Å². The third kappa shape index (κ3) is 5.89. The fourth-order valence-corrected chi connectivity index (χ4v) is 1.98. The van der Waals surface area contributed by atoms with Gasteiger partial charge in [-0.25, -0.2) is 4.79 Å². The van der Waals surface area contributed by atoms with Crippen LogP contribution in [0.4, 0.5) is 4.79 Å². The van der Waals surface area contributed by atoms with Crippen LogP contribution in [0.15, 0.2) is 0 Å². The zero-order chi connectivity index (χ0) is 14.1. The monoisotopic (exact) mass is 273 g/mol. The van der Waals surface area contributed by atoms with Gasteiger partial charge in [0.15, 0.2) is 0 Å². The second-order valence-corrected chi connectivity index (χ2v) is 4.46. The first-order chi connectivity index (χ1) is 9.15. The van der Waals surface area contributed by atoms with Gasteiger partial charge < -0.3 is 25.4 Å². The number of nitrogens with zero attached hydrogens (tertiary/aromatic N) is 1. The van der Waals surface area contributed by atoms with E-state index in [1.165, 1.54) is 0 Å². The van der Waals surface area contributed by atoms with E-state index < -0.39 is 5.97 Å². The summed E-state index contributed by atoms with van der Waals surface area (Å²) in [6.07, 6.45) is 0.776. The molecule has 1 saturated heterocycles. The molecule has 1 fully saturated rings. The normalized spacial score (nSPS) is 19.2. The van der Waals surface area contributed by atoms with Crippen LogP contribution in [-0.2, 0) is 9.53 Å². The molecule has 3 N–H and O–H groups in total. The fraction of sp³-hybridized carbons (Fsp3) is 0.833. The molecule has 0 bridgehead atoms. The Morgan fingerprint density at radius 3 is 2.89 bits per heavy atom. The quantitative estimate of drug-likeness (QED) is 0.562. The lowest BCUT2D eigenvalue weighted by Crippen LogP contribution is -2.53. The molecule has 0 radical (unpaired) electrons. The van der Waals surface area contributed by atoms with Crippen molar-refractivity contribution in [2.75, 3.05) is 39.4 Å². The first kappa shape index (κ1) is 15.7. The molecular weight excluding hydrogens is 250 g/mol. The highest BCUT2D eigenvalue weighted by molar-refractivity contribution is 5.76. The van der Waals surface area contributed by atoms with Gasteiger partial charge in [0.2, 0.25) is 0 Å². The zero-order valence-corrected chi connectivity index (χ0v) is 11.4. The molecule has 0 aromatic rings. The Labute approximate surface area is 113 Å². The van der Waals surface area contributed by atoms with Crippen LogP contribution in [-0.4, -0.2) is 67.4 Å². The minimum Gasteiger partial charge on any atom is -0.481 e. The van der Waals surface area contributed by atoms with E-state index in [-0.39, 0.29) is 25.1 Å². The van der Waals surface area contributed by atoms with Crippen LogP contribution in [0.3, 0.4) is 0 Å². The summed E-state index contributed by atoms with van der Waals surface area (Å²) in [6, 6.07) is -0.578. The van der Waals surface area contributed by atoms with Gasteiger partial charge in [0, 0.05) is 13.1 Å². The largest absolute Gasteiger partial charge is 0.481 e. The smallest absolute Gasteiger partial charge is 0.317 e. The Kier molecular flexibility index (Phi) is 7.20. The highest BCUT2D eigenvalue weighted by Crippen LogP contribution is 2.10. The number of hydrogen-bond donors (Lipinski definition) is 3. The minimum absolute atomic E-state index is 0.0786. The van der Waals surface area contributed by atoms with E-state index in [1.807, 2.05) is 6.92 Å². The van der Waals surface area contributed by atoms with E-state index in [0.717, 1.165) is 19.5 Å². The first-order valence-corrected chi connectivity index (χ1v) is 6.70. The topological polar surface area (TPSA) is 90.9 Å². The Hall–Kier alpha value is -1.34. The van der Waals surface area contributed by atoms with Gasteiger partial charge in [-0.05, 0) is 19.5 Å². The molecule has 0 aromatic heterocycles. The summed E-state index contributed by atoms with van der Waals surface area (Å²) in [7, 11) is 0. The van der Waals surface area contributed by atoms with E-state index in [0.29, 0.717) is 19.7 Å². The number of urea groups is 1. The summed E-state index contributed by atoms with van der Waals surface area (Å²) in [5.41, 5.74) is 0. The molecule has 1 aliphatic rings. The van der Waals surface area contributed by atoms with Gasteiger partial charge in [-0.3, -0.25) is 4.79 Å². The highest BCUT2D eigenvalue weighted by atomic mass is 16.5. The van der Waals surface area contributed by atoms with E-state index in [9.17, 15) is 9.59 Å². The zero-order valence-electron chi connectivity index (χ0n) is 11.4. The number of carbonyl (C=O) groups excluding carboxylic acids is 1. The van der Waals surface area contributed by atoms with Crippen molar-refractivity contribution in [1.82, 2.24) is 15.5 Å². The summed E-state index contributed by atoms with van der Waals surface area (Å²) in [4.78, 5) is 24.3. The third-order valence-electron chi connectivity index (χ3n) is 2.96. The van der Waals surface area contributed by atoms with Crippen molar-refractivity contribution in [2.45, 2.75) is 25.8 Å². The van der Waals surface area contributed by atoms with Gasteiger partial charge in [-0.15, -0.1) is 0 Å². The molecule has 1 heterocycles. The molecule has 0 spiro atoms. The lowest BCUT2D eigenvalue weighted by atomic mass is 10.1. The van der Waals surface area contributed by atoms with Crippen LogP contribution in [0, 0.1) is 0 Å². The van der Waals surface area contributed by atoms with E-state index >= 15 is 0 Å². The molecule has 2 amide bonds. The maximum Gasteiger partial charge on any atom is 0.317 e. The van der Waals surface area contributed by atoms with Crippen molar-refractivity contribution < 1.29 is 19.4 Å². The Morgan fingerprint density at radius 1 is 1.42 bits per heavy atom. The van der Waals surface area contributed by atoms with Crippen LogP contribution in [0.2, 0.25) is 0 Å². The van der Waals surface area contributed by atoms with Crippen LogP contribution < -0.4 is 10.6 Å². The predicted molar refractivity (Wildman–Crippen MR) is 70.1 cm³/mol. The average molecular weight is 273 g/mol. The molecule has 110 valence electrons. The molecule has 1 unspecified atom stereocenters. The van der Waals surface area contributed by atoms with Crippen molar-refractivity contribution in [3.05, 3.63) is 0 Å². The second-order valence-electron chi connectivity index (χ2n) is 4.46. The molecule has 0 aromatic carbocycles. The number of hydrogen-bond acceptors (Lipinski definition) is 4. The van der Waals surface area contributed by atoms with Crippen molar-refractivity contribution in [2.24, 2.45) is 0 Å². The maximum absolute atomic E-state index is 12.0. The van der Waals surface area contributed by atoms with Crippen LogP contribution in [0.25, 0.3) is 0 Å². The Bertz CT molecular complexity index is 299. The molecular formula is C12H23N3O4. The van der Waals surface area contributed by atoms with Crippen molar-refractivity contribution in [3.63, 3.8) is 0 Å². The number of nitrogens with one attached hydrogen (secondary N) is 2. The van der Waals surface area contributed by atoms with Crippen LogP contribution in [0.5, 0.6) is 0 Å². The van der Waals surface area contributed by atoms with Crippen molar-refractivity contribution in [1.29, 1.82) is 0 Å². The summed E-state index contributed by atoms with van der Waals surface area (Å²) < 4.78 is 5.23. The summed E-state index contributed by atoms with van der Waals surface area (Å²) >= 11 is 0. The molecule has 1 atom stereocenters. The molecule has 7 nitrogen and oxygen atoms in total. The number of carboxylic acid groups (broad SMARTS) is 1. The summed E-state index contributed by atoms with van der Waals surface area (Å²) in [5.74, 6) is -0.916. The number of rotatable bonds is 7. The first-order valence-electron chi connectivity index (χ1n) is 6.70. The number of carbonyl (C=O) groups is 2. The van der Waals surface area contributed by atoms with Gasteiger partial charge in [0.25, 0.3) is 0 Å². The summed E-state index contributed by atoms with van der Waals surface area (Å²) in [6.45, 7) is 5.58. The number of aliphatic carboxylic acids is 1. The van der Waals surface area contributed by atoms with E-state index in [2.05, 4.69) is 10.6 Å². The van der Waals surface area contributed by atoms with Gasteiger partial charge >= 0.3 is 12.0 Å². The van der Waals surface area contributed by atoms with E-state index in [4.69, 9.17) is 9.84 Å². The molecule has 0 aliphatic carbocycles. The Balaban J connectivity index is 2.32. The number of morpholine rings is 1. The number of amides is 2. The standard InChI is InChI=1S/C12H23N3O4/c1-2-13-4-3-5-14-12(18)15-6-7-19-9-10(15)8-11(16)17/h10,13H,2-9H2,1H3,(H,14,18)(H,16,17).